The highest BCUT2D eigenvalue weighted by Crippen LogP contribution is 2.45. The predicted molar refractivity (Wildman–Crippen MR) is 75.1 cm³/mol. The molecule has 0 spiro atoms. The fourth-order valence-corrected chi connectivity index (χ4v) is 2.15. The van der Waals surface area contributed by atoms with Crippen molar-refractivity contribution in [2.75, 3.05) is 7.05 Å². The van der Waals surface area contributed by atoms with Crippen LogP contribution < -0.4 is 5.32 Å². The van der Waals surface area contributed by atoms with Gasteiger partial charge in [-0.25, -0.2) is 4.79 Å². The van der Waals surface area contributed by atoms with Gasteiger partial charge in [0.15, 0.2) is 5.75 Å². The van der Waals surface area contributed by atoms with Crippen molar-refractivity contribution in [1.82, 2.24) is 10.2 Å². The topological polar surface area (TPSA) is 133 Å². The minimum absolute atomic E-state index is 0.0215. The van der Waals surface area contributed by atoms with E-state index in [2.05, 4.69) is 0 Å². The molecule has 0 aromatic heterocycles. The average Bonchev–Trinajstić information content (AvgIpc) is 3.31. The number of amides is 3. The predicted octanol–water partition coefficient (Wildman–Crippen LogP) is 1.97. The molecule has 25 heavy (non-hydrogen) atoms. The Bertz CT molecular complexity index is 760. The summed E-state index contributed by atoms with van der Waals surface area (Å²) in [5.74, 6) is -4.64. The summed E-state index contributed by atoms with van der Waals surface area (Å²) in [4.78, 5) is 34.6. The van der Waals surface area contributed by atoms with Gasteiger partial charge in [0.25, 0.3) is 5.91 Å². The lowest BCUT2D eigenvalue weighted by atomic mass is 10.0. The molecule has 1 aliphatic rings. The lowest BCUT2D eigenvalue weighted by molar-refractivity contribution is -0.386. The Balaban J connectivity index is 2.53. The number of imide groups is 1. The maximum absolute atomic E-state index is 13.1. The third-order valence-electron chi connectivity index (χ3n) is 3.60. The monoisotopic (exact) mass is 363 g/mol. The molecule has 0 unspecified atom stereocenters. The number of aromatic hydroxyl groups is 2. The first-order valence-corrected chi connectivity index (χ1v) is 6.83. The lowest BCUT2D eigenvalue weighted by Crippen LogP contribution is -2.42. The number of carbonyl (C=O) groups is 2. The largest absolute Gasteiger partial charge is 0.504 e. The molecule has 1 fully saturated rings. The van der Waals surface area contributed by atoms with Gasteiger partial charge < -0.3 is 15.1 Å². The first kappa shape index (κ1) is 18.3. The van der Waals surface area contributed by atoms with Crippen LogP contribution in [0.4, 0.5) is 23.7 Å². The number of phenols is 2. The number of hydrogen-bond donors (Lipinski definition) is 3. The van der Waals surface area contributed by atoms with Crippen molar-refractivity contribution in [3.05, 3.63) is 27.3 Å². The normalized spacial score (nSPS) is 14.1. The molecule has 12 heteroatoms. The van der Waals surface area contributed by atoms with Gasteiger partial charge in [0.2, 0.25) is 5.75 Å². The van der Waals surface area contributed by atoms with Crippen molar-refractivity contribution in [1.29, 1.82) is 0 Å². The first-order chi connectivity index (χ1) is 11.4. The molecule has 136 valence electrons. The van der Waals surface area contributed by atoms with E-state index in [9.17, 15) is 43.1 Å². The van der Waals surface area contributed by atoms with Crippen LogP contribution in [0.3, 0.4) is 0 Å². The second-order valence-electron chi connectivity index (χ2n) is 5.37. The van der Waals surface area contributed by atoms with Crippen LogP contribution in [0.15, 0.2) is 6.07 Å². The van der Waals surface area contributed by atoms with E-state index in [0.29, 0.717) is 12.8 Å². The summed E-state index contributed by atoms with van der Waals surface area (Å²) in [7, 11) is 1.31. The van der Waals surface area contributed by atoms with Gasteiger partial charge in [-0.1, -0.05) is 0 Å². The van der Waals surface area contributed by atoms with Gasteiger partial charge in [0, 0.05) is 13.1 Å². The van der Waals surface area contributed by atoms with Gasteiger partial charge in [0.05, 0.1) is 10.5 Å². The van der Waals surface area contributed by atoms with E-state index in [0.717, 1.165) is 4.90 Å². The number of nitrogens with one attached hydrogen (secondary N) is 1. The van der Waals surface area contributed by atoms with Crippen LogP contribution in [0.5, 0.6) is 11.5 Å². The second kappa shape index (κ2) is 6.11. The van der Waals surface area contributed by atoms with E-state index in [-0.39, 0.29) is 12.1 Å². The molecule has 0 bridgehead atoms. The van der Waals surface area contributed by atoms with Crippen LogP contribution in [0.2, 0.25) is 0 Å². The SMILES string of the molecule is CN(C(=O)NC(=O)c1c(C(F)(F)F)cc(O)c(O)c1[N+](=O)[O-])C1CC1. The van der Waals surface area contributed by atoms with E-state index < -0.39 is 51.4 Å². The highest BCUT2D eigenvalue weighted by atomic mass is 19.4. The van der Waals surface area contributed by atoms with Crippen LogP contribution >= 0.6 is 0 Å². The number of benzene rings is 1. The smallest absolute Gasteiger partial charge is 0.417 e. The fourth-order valence-electron chi connectivity index (χ4n) is 2.15. The summed E-state index contributed by atoms with van der Waals surface area (Å²) in [6.45, 7) is 0. The number of carbonyl (C=O) groups excluding carboxylic acids is 2. The van der Waals surface area contributed by atoms with Gasteiger partial charge in [-0.05, 0) is 18.9 Å². The number of nitrogens with zero attached hydrogens (tertiary/aromatic N) is 2. The molecule has 1 aromatic rings. The Morgan fingerprint density at radius 1 is 1.36 bits per heavy atom. The van der Waals surface area contributed by atoms with Crippen LogP contribution in [0.1, 0.15) is 28.8 Å². The van der Waals surface area contributed by atoms with Crippen LogP contribution in [-0.4, -0.2) is 45.1 Å². The van der Waals surface area contributed by atoms with E-state index in [4.69, 9.17) is 0 Å². The van der Waals surface area contributed by atoms with E-state index in [1.54, 1.807) is 5.32 Å². The molecule has 0 atom stereocenters. The molecule has 3 amide bonds. The highest BCUT2D eigenvalue weighted by molar-refractivity contribution is 6.08. The second-order valence-corrected chi connectivity index (χ2v) is 5.37. The Morgan fingerprint density at radius 3 is 2.36 bits per heavy atom. The number of halogens is 3. The summed E-state index contributed by atoms with van der Waals surface area (Å²) in [5, 5.41) is 31.4. The molecule has 9 nitrogen and oxygen atoms in total. The minimum atomic E-state index is -5.26. The molecule has 0 radical (unpaired) electrons. The van der Waals surface area contributed by atoms with Crippen molar-refractivity contribution in [2.24, 2.45) is 0 Å². The van der Waals surface area contributed by atoms with Crippen LogP contribution in [0, 0.1) is 10.1 Å². The van der Waals surface area contributed by atoms with Gasteiger partial charge >= 0.3 is 17.9 Å². The number of nitro benzene ring substituents is 1. The quantitative estimate of drug-likeness (QED) is 0.427. The zero-order chi connectivity index (χ0) is 19.1. The summed E-state index contributed by atoms with van der Waals surface area (Å²) < 4.78 is 39.3. The summed E-state index contributed by atoms with van der Waals surface area (Å²) in [6.07, 6.45) is -3.94. The summed E-state index contributed by atoms with van der Waals surface area (Å²) >= 11 is 0. The maximum atomic E-state index is 13.1. The number of hydrogen-bond acceptors (Lipinski definition) is 6. The summed E-state index contributed by atoms with van der Waals surface area (Å²) in [5.41, 5.74) is -5.06. The van der Waals surface area contributed by atoms with E-state index in [1.807, 2.05) is 0 Å². The number of alkyl halides is 3. The molecule has 1 aromatic carbocycles. The Hall–Kier alpha value is -3.05. The van der Waals surface area contributed by atoms with Crippen molar-refractivity contribution < 1.29 is 37.9 Å². The molecule has 1 aliphatic carbocycles. The number of urea groups is 1. The van der Waals surface area contributed by atoms with Gasteiger partial charge in [0.1, 0.15) is 5.56 Å². The van der Waals surface area contributed by atoms with Crippen LogP contribution in [-0.2, 0) is 6.18 Å². The minimum Gasteiger partial charge on any atom is -0.504 e. The van der Waals surface area contributed by atoms with Gasteiger partial charge in [-0.3, -0.25) is 20.2 Å². The molecule has 1 saturated carbocycles. The average molecular weight is 363 g/mol. The van der Waals surface area contributed by atoms with Crippen LogP contribution in [0.25, 0.3) is 0 Å². The molecule has 0 saturated heterocycles. The zero-order valence-corrected chi connectivity index (χ0v) is 12.6. The lowest BCUT2D eigenvalue weighted by Gasteiger charge is -2.18. The maximum Gasteiger partial charge on any atom is 0.417 e. The summed E-state index contributed by atoms with van der Waals surface area (Å²) in [6, 6.07) is -1.23. The van der Waals surface area contributed by atoms with E-state index >= 15 is 0 Å². The van der Waals surface area contributed by atoms with Gasteiger partial charge in [-0.2, -0.15) is 13.2 Å². The first-order valence-electron chi connectivity index (χ1n) is 6.83. The third kappa shape index (κ3) is 3.56. The Kier molecular flexibility index (Phi) is 4.47. The van der Waals surface area contributed by atoms with Crippen molar-refractivity contribution in [3.8, 4) is 11.5 Å². The van der Waals surface area contributed by atoms with Gasteiger partial charge in [-0.15, -0.1) is 0 Å². The Morgan fingerprint density at radius 2 is 1.92 bits per heavy atom. The highest BCUT2D eigenvalue weighted by Gasteiger charge is 2.43. The van der Waals surface area contributed by atoms with Crippen molar-refractivity contribution in [2.45, 2.75) is 25.1 Å². The number of rotatable bonds is 3. The number of phenolic OH excluding ortho intramolecular Hbond substituents is 2. The van der Waals surface area contributed by atoms with Crippen molar-refractivity contribution >= 4 is 17.6 Å². The van der Waals surface area contributed by atoms with E-state index in [1.165, 1.54) is 7.05 Å². The zero-order valence-electron chi connectivity index (χ0n) is 12.6. The fraction of sp³-hybridized carbons (Fsp3) is 0.385. The molecular weight excluding hydrogens is 351 g/mol. The third-order valence-corrected chi connectivity index (χ3v) is 3.60. The number of nitro groups is 1. The Labute approximate surface area is 137 Å². The van der Waals surface area contributed by atoms with Crippen molar-refractivity contribution in [3.63, 3.8) is 0 Å². The molecule has 0 aliphatic heterocycles. The molecular formula is C13H12F3N3O6. The molecule has 0 heterocycles. The standard InChI is InChI=1S/C13H12F3N3O6/c1-18(5-2-3-5)12(23)17-11(22)8-6(13(14,15)16)4-7(20)10(21)9(8)19(24)25/h4-5,20-21H,2-3H2,1H3,(H,17,22,23). The molecule has 2 rings (SSSR count). The molecule has 3 N–H and O–H groups in total.